The van der Waals surface area contributed by atoms with Crippen molar-refractivity contribution in [3.63, 3.8) is 0 Å². The van der Waals surface area contributed by atoms with Crippen molar-refractivity contribution in [2.75, 3.05) is 0 Å². The van der Waals surface area contributed by atoms with Gasteiger partial charge in [-0.25, -0.2) is 4.98 Å². The molecule has 1 aliphatic carbocycles. The molecule has 0 bridgehead atoms. The average Bonchev–Trinajstić information content (AvgIpc) is 2.91. The van der Waals surface area contributed by atoms with Crippen molar-refractivity contribution in [2.24, 2.45) is 5.92 Å². The molecule has 19 heavy (non-hydrogen) atoms. The molecule has 1 heterocycles. The van der Waals surface area contributed by atoms with Gasteiger partial charge >= 0.3 is 0 Å². The van der Waals surface area contributed by atoms with Crippen molar-refractivity contribution in [3.05, 3.63) is 23.9 Å². The quantitative estimate of drug-likeness (QED) is 0.887. The molecule has 0 spiro atoms. The molecule has 4 heteroatoms. The van der Waals surface area contributed by atoms with E-state index < -0.39 is 0 Å². The van der Waals surface area contributed by atoms with Gasteiger partial charge in [-0.2, -0.15) is 0 Å². The molecule has 1 aliphatic rings. The first-order valence-corrected chi connectivity index (χ1v) is 7.04. The van der Waals surface area contributed by atoms with Gasteiger partial charge in [-0.1, -0.05) is 18.9 Å². The number of hydrogen-bond donors (Lipinski definition) is 1. The third-order valence-corrected chi connectivity index (χ3v) is 3.35. The van der Waals surface area contributed by atoms with Crippen molar-refractivity contribution in [1.82, 2.24) is 10.3 Å². The summed E-state index contributed by atoms with van der Waals surface area (Å²) in [6, 6.07) is 3.79. The number of nitrogens with zero attached hydrogens (tertiary/aromatic N) is 1. The minimum absolute atomic E-state index is 0.125. The molecule has 0 aliphatic heterocycles. The zero-order valence-electron chi connectivity index (χ0n) is 11.7. The lowest BCUT2D eigenvalue weighted by atomic mass is 10.1. The Morgan fingerprint density at radius 1 is 1.42 bits per heavy atom. The van der Waals surface area contributed by atoms with Gasteiger partial charge in [0.25, 0.3) is 0 Å². The lowest BCUT2D eigenvalue weighted by Gasteiger charge is -2.11. The molecule has 0 radical (unpaired) electrons. The average molecular weight is 262 g/mol. The van der Waals surface area contributed by atoms with Crippen LogP contribution in [0.15, 0.2) is 18.3 Å². The van der Waals surface area contributed by atoms with Crippen LogP contribution in [0.3, 0.4) is 0 Å². The van der Waals surface area contributed by atoms with E-state index in [-0.39, 0.29) is 17.9 Å². The number of carbonyl (C=O) groups is 1. The number of carbonyl (C=O) groups excluding carboxylic acids is 1. The molecule has 0 atom stereocenters. The summed E-state index contributed by atoms with van der Waals surface area (Å²) in [5.74, 6) is 1.03. The molecule has 0 unspecified atom stereocenters. The summed E-state index contributed by atoms with van der Waals surface area (Å²) < 4.78 is 5.48. The number of pyridine rings is 1. The van der Waals surface area contributed by atoms with Crippen LogP contribution in [0, 0.1) is 5.92 Å². The van der Waals surface area contributed by atoms with Crippen molar-refractivity contribution in [2.45, 2.75) is 52.2 Å². The number of ether oxygens (including phenoxy) is 1. The highest BCUT2D eigenvalue weighted by Gasteiger charge is 2.22. The lowest BCUT2D eigenvalue weighted by molar-refractivity contribution is -0.124. The van der Waals surface area contributed by atoms with Crippen LogP contribution in [-0.2, 0) is 11.3 Å². The Bertz CT molecular complexity index is 409. The second-order valence-corrected chi connectivity index (χ2v) is 5.37. The van der Waals surface area contributed by atoms with E-state index in [2.05, 4.69) is 10.3 Å². The number of aromatic nitrogens is 1. The standard InChI is InChI=1S/C15H22N2O2/c1-11(2)19-14-8-7-12(9-16-14)10-17-15(18)13-5-3-4-6-13/h7-9,11,13H,3-6,10H2,1-2H3,(H,17,18). The van der Waals surface area contributed by atoms with E-state index in [0.717, 1.165) is 18.4 Å². The molecule has 2 rings (SSSR count). The van der Waals surface area contributed by atoms with Crippen LogP contribution in [0.5, 0.6) is 5.88 Å². The van der Waals surface area contributed by atoms with Gasteiger partial charge in [0.2, 0.25) is 11.8 Å². The van der Waals surface area contributed by atoms with Gasteiger partial charge < -0.3 is 10.1 Å². The number of hydrogen-bond acceptors (Lipinski definition) is 3. The van der Waals surface area contributed by atoms with Crippen molar-refractivity contribution in [3.8, 4) is 5.88 Å². The molecule has 1 aromatic rings. The fourth-order valence-corrected chi connectivity index (χ4v) is 2.35. The predicted octanol–water partition coefficient (Wildman–Crippen LogP) is 2.68. The van der Waals surface area contributed by atoms with E-state index in [1.165, 1.54) is 12.8 Å². The maximum absolute atomic E-state index is 11.9. The second kappa shape index (κ2) is 6.55. The van der Waals surface area contributed by atoms with E-state index in [0.29, 0.717) is 12.4 Å². The first kappa shape index (κ1) is 13.8. The van der Waals surface area contributed by atoms with Gasteiger partial charge in [-0.15, -0.1) is 0 Å². The normalized spacial score (nSPS) is 15.7. The van der Waals surface area contributed by atoms with Gasteiger partial charge in [0.15, 0.2) is 0 Å². The topological polar surface area (TPSA) is 51.2 Å². The largest absolute Gasteiger partial charge is 0.475 e. The maximum Gasteiger partial charge on any atom is 0.223 e. The Hall–Kier alpha value is -1.58. The van der Waals surface area contributed by atoms with E-state index in [1.807, 2.05) is 26.0 Å². The van der Waals surface area contributed by atoms with Gasteiger partial charge in [-0.3, -0.25) is 4.79 Å². The summed E-state index contributed by atoms with van der Waals surface area (Å²) in [6.07, 6.45) is 6.31. The molecular weight excluding hydrogens is 240 g/mol. The Balaban J connectivity index is 1.80. The zero-order chi connectivity index (χ0) is 13.7. The van der Waals surface area contributed by atoms with Crippen LogP contribution in [0.1, 0.15) is 45.1 Å². The van der Waals surface area contributed by atoms with Crippen molar-refractivity contribution < 1.29 is 9.53 Å². The van der Waals surface area contributed by atoms with Gasteiger partial charge in [0.1, 0.15) is 0 Å². The summed E-state index contributed by atoms with van der Waals surface area (Å²) in [6.45, 7) is 4.49. The van der Waals surface area contributed by atoms with Crippen LogP contribution < -0.4 is 10.1 Å². The third-order valence-electron chi connectivity index (χ3n) is 3.35. The highest BCUT2D eigenvalue weighted by atomic mass is 16.5. The van der Waals surface area contributed by atoms with E-state index in [9.17, 15) is 4.79 Å². The zero-order valence-corrected chi connectivity index (χ0v) is 11.7. The number of amides is 1. The van der Waals surface area contributed by atoms with E-state index in [1.54, 1.807) is 6.20 Å². The van der Waals surface area contributed by atoms with Gasteiger partial charge in [-0.05, 0) is 32.3 Å². The molecule has 1 N–H and O–H groups in total. The molecule has 1 fully saturated rings. The smallest absolute Gasteiger partial charge is 0.223 e. The SMILES string of the molecule is CC(C)Oc1ccc(CNC(=O)C2CCCC2)cn1. The summed E-state index contributed by atoms with van der Waals surface area (Å²) >= 11 is 0. The Morgan fingerprint density at radius 3 is 2.74 bits per heavy atom. The van der Waals surface area contributed by atoms with E-state index >= 15 is 0 Å². The predicted molar refractivity (Wildman–Crippen MR) is 73.8 cm³/mol. The molecule has 0 saturated heterocycles. The second-order valence-electron chi connectivity index (χ2n) is 5.37. The van der Waals surface area contributed by atoms with Crippen molar-refractivity contribution >= 4 is 5.91 Å². The molecule has 1 aromatic heterocycles. The summed E-state index contributed by atoms with van der Waals surface area (Å²) in [7, 11) is 0. The molecule has 1 amide bonds. The molecule has 0 aromatic carbocycles. The van der Waals surface area contributed by atoms with Crippen LogP contribution >= 0.6 is 0 Å². The molecular formula is C15H22N2O2. The first-order valence-electron chi connectivity index (χ1n) is 7.04. The lowest BCUT2D eigenvalue weighted by Crippen LogP contribution is -2.28. The Morgan fingerprint density at radius 2 is 2.16 bits per heavy atom. The van der Waals surface area contributed by atoms with Crippen LogP contribution in [0.25, 0.3) is 0 Å². The fraction of sp³-hybridized carbons (Fsp3) is 0.600. The Labute approximate surface area is 114 Å². The minimum Gasteiger partial charge on any atom is -0.475 e. The maximum atomic E-state index is 11.9. The van der Waals surface area contributed by atoms with Crippen molar-refractivity contribution in [1.29, 1.82) is 0 Å². The summed E-state index contributed by atoms with van der Waals surface area (Å²) in [5.41, 5.74) is 1.00. The van der Waals surface area contributed by atoms with Crippen LogP contribution in [-0.4, -0.2) is 17.0 Å². The highest BCUT2D eigenvalue weighted by molar-refractivity contribution is 5.78. The van der Waals surface area contributed by atoms with Gasteiger partial charge in [0.05, 0.1) is 6.10 Å². The van der Waals surface area contributed by atoms with E-state index in [4.69, 9.17) is 4.74 Å². The van der Waals surface area contributed by atoms with Gasteiger partial charge in [0, 0.05) is 24.7 Å². The number of rotatable bonds is 5. The van der Waals surface area contributed by atoms with Crippen LogP contribution in [0.4, 0.5) is 0 Å². The fourth-order valence-electron chi connectivity index (χ4n) is 2.35. The highest BCUT2D eigenvalue weighted by Crippen LogP contribution is 2.24. The summed E-state index contributed by atoms with van der Waals surface area (Å²) in [4.78, 5) is 16.1. The Kier molecular flexibility index (Phi) is 4.77. The minimum atomic E-state index is 0.125. The number of nitrogens with one attached hydrogen (secondary N) is 1. The molecule has 4 nitrogen and oxygen atoms in total. The molecule has 1 saturated carbocycles. The summed E-state index contributed by atoms with van der Waals surface area (Å²) in [5, 5.41) is 2.98. The first-order chi connectivity index (χ1) is 9.15. The molecule has 104 valence electrons. The third kappa shape index (κ3) is 4.23. The van der Waals surface area contributed by atoms with Crippen LogP contribution in [0.2, 0.25) is 0 Å². The monoisotopic (exact) mass is 262 g/mol.